The van der Waals surface area contributed by atoms with Gasteiger partial charge >= 0.3 is 0 Å². The Labute approximate surface area is 105 Å². The molecule has 0 atom stereocenters. The molecule has 0 aliphatic rings. The molecule has 0 saturated carbocycles. The Kier molecular flexibility index (Phi) is 4.67. The van der Waals surface area contributed by atoms with E-state index >= 15 is 0 Å². The van der Waals surface area contributed by atoms with E-state index in [0.717, 1.165) is 16.9 Å². The second kappa shape index (κ2) is 5.79. The molecule has 0 saturated heterocycles. The van der Waals surface area contributed by atoms with E-state index in [9.17, 15) is 0 Å². The minimum atomic E-state index is 0.235. The molecule has 0 fully saturated rings. The third-order valence-electron chi connectivity index (χ3n) is 2.06. The fourth-order valence-electron chi connectivity index (χ4n) is 1.42. The zero-order valence-electron chi connectivity index (χ0n) is 9.05. The highest BCUT2D eigenvalue weighted by molar-refractivity contribution is 6.36. The van der Waals surface area contributed by atoms with E-state index in [-0.39, 0.29) is 6.61 Å². The van der Waals surface area contributed by atoms with Crippen LogP contribution in [0, 0.1) is 25.2 Å². The van der Waals surface area contributed by atoms with Crippen LogP contribution in [0.15, 0.2) is 22.7 Å². The topological polar surface area (TPSA) is 33.0 Å². The molecule has 2 nitrogen and oxygen atoms in total. The SMILES string of the molecule is Cc1cc(C#N)cc(C)c1OCC(Cl)=CCl. The highest BCUT2D eigenvalue weighted by Crippen LogP contribution is 2.25. The first-order valence-corrected chi connectivity index (χ1v) is 5.48. The molecule has 16 heavy (non-hydrogen) atoms. The Morgan fingerprint density at radius 2 is 2.00 bits per heavy atom. The molecule has 0 radical (unpaired) electrons. The minimum Gasteiger partial charge on any atom is -0.487 e. The molecule has 0 aliphatic heterocycles. The lowest BCUT2D eigenvalue weighted by atomic mass is 10.1. The molecular weight excluding hydrogens is 245 g/mol. The summed E-state index contributed by atoms with van der Waals surface area (Å²) in [7, 11) is 0. The maximum atomic E-state index is 8.80. The van der Waals surface area contributed by atoms with Gasteiger partial charge < -0.3 is 4.74 Å². The molecule has 1 aromatic carbocycles. The summed E-state index contributed by atoms with van der Waals surface area (Å²) < 4.78 is 5.53. The monoisotopic (exact) mass is 255 g/mol. The van der Waals surface area contributed by atoms with Crippen molar-refractivity contribution in [2.24, 2.45) is 0 Å². The predicted octanol–water partition coefficient (Wildman–Crippen LogP) is 3.87. The van der Waals surface area contributed by atoms with Crippen LogP contribution in [0.3, 0.4) is 0 Å². The summed E-state index contributed by atoms with van der Waals surface area (Å²) >= 11 is 11.2. The van der Waals surface area contributed by atoms with Crippen LogP contribution in [0.5, 0.6) is 5.75 Å². The van der Waals surface area contributed by atoms with Crippen molar-refractivity contribution in [1.82, 2.24) is 0 Å². The van der Waals surface area contributed by atoms with E-state index in [1.54, 1.807) is 12.1 Å². The molecule has 0 spiro atoms. The van der Waals surface area contributed by atoms with Crippen LogP contribution in [0.4, 0.5) is 0 Å². The summed E-state index contributed by atoms with van der Waals surface area (Å²) in [5.74, 6) is 0.746. The first kappa shape index (κ1) is 12.9. The van der Waals surface area contributed by atoms with Crippen LogP contribution < -0.4 is 4.74 Å². The van der Waals surface area contributed by atoms with Gasteiger partial charge in [0.2, 0.25) is 0 Å². The Morgan fingerprint density at radius 3 is 2.44 bits per heavy atom. The molecule has 0 amide bonds. The molecule has 0 bridgehead atoms. The van der Waals surface area contributed by atoms with Crippen molar-refractivity contribution in [3.8, 4) is 11.8 Å². The van der Waals surface area contributed by atoms with E-state index in [1.165, 1.54) is 5.54 Å². The average Bonchev–Trinajstić information content (AvgIpc) is 2.27. The first-order valence-electron chi connectivity index (χ1n) is 4.67. The molecule has 1 rings (SSSR count). The molecule has 84 valence electrons. The lowest BCUT2D eigenvalue weighted by molar-refractivity contribution is 0.354. The van der Waals surface area contributed by atoms with Crippen LogP contribution in [0.25, 0.3) is 0 Å². The largest absolute Gasteiger partial charge is 0.487 e. The van der Waals surface area contributed by atoms with E-state index in [1.807, 2.05) is 13.8 Å². The normalized spacial score (nSPS) is 11.1. The van der Waals surface area contributed by atoms with E-state index < -0.39 is 0 Å². The minimum absolute atomic E-state index is 0.235. The number of halogens is 2. The number of nitriles is 1. The second-order valence-electron chi connectivity index (χ2n) is 3.40. The highest BCUT2D eigenvalue weighted by atomic mass is 35.5. The Hall–Kier alpha value is -1.17. The lowest BCUT2D eigenvalue weighted by Gasteiger charge is -2.11. The second-order valence-corrected chi connectivity index (χ2v) is 4.10. The van der Waals surface area contributed by atoms with Crippen LogP contribution in [0.2, 0.25) is 0 Å². The predicted molar refractivity (Wildman–Crippen MR) is 65.9 cm³/mol. The van der Waals surface area contributed by atoms with Gasteiger partial charge in [0.15, 0.2) is 0 Å². The summed E-state index contributed by atoms with van der Waals surface area (Å²) in [4.78, 5) is 0. The van der Waals surface area contributed by atoms with Crippen molar-refractivity contribution < 1.29 is 4.74 Å². The van der Waals surface area contributed by atoms with Crippen LogP contribution in [-0.2, 0) is 0 Å². The van der Waals surface area contributed by atoms with Gasteiger partial charge in [0.05, 0.1) is 16.7 Å². The van der Waals surface area contributed by atoms with Crippen molar-refractivity contribution in [3.63, 3.8) is 0 Å². The summed E-state index contributed by atoms with van der Waals surface area (Å²) in [5, 5.41) is 9.23. The maximum Gasteiger partial charge on any atom is 0.125 e. The quantitative estimate of drug-likeness (QED) is 0.822. The van der Waals surface area contributed by atoms with Gasteiger partial charge in [0, 0.05) is 5.54 Å². The number of nitrogens with zero attached hydrogens (tertiary/aromatic N) is 1. The maximum absolute atomic E-state index is 8.80. The molecular formula is C12H11Cl2NO. The van der Waals surface area contributed by atoms with E-state index in [4.69, 9.17) is 33.2 Å². The number of hydrogen-bond acceptors (Lipinski definition) is 2. The van der Waals surface area contributed by atoms with Crippen LogP contribution >= 0.6 is 23.2 Å². The molecule has 0 heterocycles. The van der Waals surface area contributed by atoms with Crippen LogP contribution in [-0.4, -0.2) is 6.61 Å². The highest BCUT2D eigenvalue weighted by Gasteiger charge is 2.06. The Balaban J connectivity index is 2.94. The fourth-order valence-corrected chi connectivity index (χ4v) is 1.53. The average molecular weight is 256 g/mol. The smallest absolute Gasteiger partial charge is 0.125 e. The van der Waals surface area contributed by atoms with Gasteiger partial charge in [0.25, 0.3) is 0 Å². The van der Waals surface area contributed by atoms with Gasteiger partial charge in [0.1, 0.15) is 12.4 Å². The lowest BCUT2D eigenvalue weighted by Crippen LogP contribution is -2.01. The molecule has 0 aromatic heterocycles. The van der Waals surface area contributed by atoms with Gasteiger partial charge in [-0.25, -0.2) is 0 Å². The third-order valence-corrected chi connectivity index (χ3v) is 2.66. The van der Waals surface area contributed by atoms with Crippen molar-refractivity contribution in [3.05, 3.63) is 39.4 Å². The first-order chi connectivity index (χ1) is 7.58. The summed E-state index contributed by atoms with van der Waals surface area (Å²) in [6, 6.07) is 5.65. The van der Waals surface area contributed by atoms with Gasteiger partial charge in [-0.1, -0.05) is 23.2 Å². The number of ether oxygens (including phenoxy) is 1. The van der Waals surface area contributed by atoms with E-state index in [2.05, 4.69) is 6.07 Å². The number of benzene rings is 1. The standard InChI is InChI=1S/C12H11Cl2NO/c1-8-3-10(6-15)4-9(2)12(8)16-7-11(14)5-13/h3-5H,7H2,1-2H3. The summed E-state index contributed by atoms with van der Waals surface area (Å²) in [5.41, 5.74) is 3.73. The van der Waals surface area contributed by atoms with Crippen molar-refractivity contribution in [2.75, 3.05) is 6.61 Å². The molecule has 4 heteroatoms. The molecule has 0 aliphatic carbocycles. The number of aryl methyl sites for hydroxylation is 2. The van der Waals surface area contributed by atoms with Gasteiger partial charge in [-0.05, 0) is 37.1 Å². The molecule has 1 aromatic rings. The molecule has 0 unspecified atom stereocenters. The van der Waals surface area contributed by atoms with Gasteiger partial charge in [-0.2, -0.15) is 5.26 Å². The number of hydrogen-bond donors (Lipinski definition) is 0. The molecule has 0 N–H and O–H groups in total. The zero-order valence-corrected chi connectivity index (χ0v) is 10.6. The van der Waals surface area contributed by atoms with E-state index in [0.29, 0.717) is 10.6 Å². The van der Waals surface area contributed by atoms with Gasteiger partial charge in [-0.15, -0.1) is 0 Å². The Bertz CT molecular complexity index is 438. The third kappa shape index (κ3) is 3.16. The zero-order chi connectivity index (χ0) is 12.1. The summed E-state index contributed by atoms with van der Waals surface area (Å²) in [6.07, 6.45) is 0. The Morgan fingerprint density at radius 1 is 1.44 bits per heavy atom. The summed E-state index contributed by atoms with van der Waals surface area (Å²) in [6.45, 7) is 4.02. The van der Waals surface area contributed by atoms with Crippen molar-refractivity contribution in [2.45, 2.75) is 13.8 Å². The van der Waals surface area contributed by atoms with Crippen LogP contribution in [0.1, 0.15) is 16.7 Å². The van der Waals surface area contributed by atoms with Crippen molar-refractivity contribution in [1.29, 1.82) is 5.26 Å². The number of rotatable bonds is 3. The fraction of sp³-hybridized carbons (Fsp3) is 0.250. The van der Waals surface area contributed by atoms with Gasteiger partial charge in [-0.3, -0.25) is 0 Å². The van der Waals surface area contributed by atoms with Crippen molar-refractivity contribution >= 4 is 23.2 Å².